The average Bonchev–Trinajstić information content (AvgIpc) is 3.40. The van der Waals surface area contributed by atoms with Crippen LogP contribution in [0.15, 0.2) is 64.0 Å². The third-order valence-corrected chi connectivity index (χ3v) is 8.66. The lowest BCUT2D eigenvalue weighted by molar-refractivity contribution is 0.0984. The monoisotopic (exact) mass is 523 g/mol. The Morgan fingerprint density at radius 1 is 1.11 bits per heavy atom. The van der Waals surface area contributed by atoms with Gasteiger partial charge in [0.2, 0.25) is 10.0 Å². The highest BCUT2D eigenvalue weighted by molar-refractivity contribution is 7.89. The number of rotatable bonds is 6. The van der Waals surface area contributed by atoms with E-state index in [9.17, 15) is 17.6 Å². The summed E-state index contributed by atoms with van der Waals surface area (Å²) in [5, 5.41) is 8.48. The van der Waals surface area contributed by atoms with Crippen molar-refractivity contribution in [3.05, 3.63) is 94.4 Å². The molecule has 2 aromatic heterocycles. The van der Waals surface area contributed by atoms with Gasteiger partial charge in [-0.3, -0.25) is 9.48 Å². The van der Waals surface area contributed by atoms with Crippen molar-refractivity contribution >= 4 is 21.6 Å². The van der Waals surface area contributed by atoms with E-state index >= 15 is 0 Å². The number of hydrogen-bond donors (Lipinski definition) is 0. The molecule has 0 saturated carbocycles. The van der Waals surface area contributed by atoms with E-state index < -0.39 is 15.8 Å². The summed E-state index contributed by atoms with van der Waals surface area (Å²) in [6.45, 7) is 3.69. The summed E-state index contributed by atoms with van der Waals surface area (Å²) in [6.07, 6.45) is 0.471. The van der Waals surface area contributed by atoms with Gasteiger partial charge in [-0.15, -0.1) is 0 Å². The summed E-state index contributed by atoms with van der Waals surface area (Å²) in [7, 11) is -2.04. The number of halogens is 1. The molecule has 1 aliphatic rings. The molecule has 0 N–H and O–H groups in total. The molecule has 0 saturated heterocycles. The normalized spacial score (nSPS) is 13.9. The molecule has 37 heavy (non-hydrogen) atoms. The minimum Gasteiger partial charge on any atom is -0.360 e. The first-order valence-electron chi connectivity index (χ1n) is 11.8. The first kappa shape index (κ1) is 24.8. The molecular weight excluding hydrogens is 497 g/mol. The van der Waals surface area contributed by atoms with Crippen LogP contribution in [0.4, 0.5) is 10.1 Å². The largest absolute Gasteiger partial charge is 0.360 e. The lowest BCUT2D eigenvalue weighted by atomic mass is 10.1. The van der Waals surface area contributed by atoms with Crippen molar-refractivity contribution in [2.24, 2.45) is 7.05 Å². The van der Waals surface area contributed by atoms with Crippen molar-refractivity contribution < 1.29 is 22.1 Å². The second-order valence-electron chi connectivity index (χ2n) is 8.97. The minimum atomic E-state index is -3.85. The summed E-state index contributed by atoms with van der Waals surface area (Å²) in [6, 6.07) is 14.5. The first-order chi connectivity index (χ1) is 17.7. The predicted octanol–water partition coefficient (Wildman–Crippen LogP) is 3.76. The number of aryl methyl sites for hydroxylation is 3. The quantitative estimate of drug-likeness (QED) is 0.382. The Morgan fingerprint density at radius 2 is 1.81 bits per heavy atom. The van der Waals surface area contributed by atoms with Crippen LogP contribution in [0.1, 0.15) is 38.8 Å². The fourth-order valence-electron chi connectivity index (χ4n) is 4.74. The van der Waals surface area contributed by atoms with Crippen molar-refractivity contribution in [3.63, 3.8) is 0 Å². The molecular formula is C26H26FN5O4S. The molecule has 11 heteroatoms. The van der Waals surface area contributed by atoms with Crippen LogP contribution < -0.4 is 4.90 Å². The molecule has 0 unspecified atom stereocenters. The number of para-hydroxylation sites is 1. The molecule has 0 aliphatic carbocycles. The Labute approximate surface area is 214 Å². The highest BCUT2D eigenvalue weighted by atomic mass is 32.2. The molecule has 0 fully saturated rings. The van der Waals surface area contributed by atoms with E-state index in [0.717, 1.165) is 11.3 Å². The van der Waals surface area contributed by atoms with E-state index in [1.54, 1.807) is 23.4 Å². The molecule has 1 amide bonds. The number of aromatic nitrogens is 3. The molecule has 2 aromatic carbocycles. The lowest BCUT2D eigenvalue weighted by Crippen LogP contribution is -2.37. The van der Waals surface area contributed by atoms with E-state index in [2.05, 4.69) is 10.3 Å². The van der Waals surface area contributed by atoms with E-state index in [1.807, 2.05) is 37.4 Å². The van der Waals surface area contributed by atoms with Gasteiger partial charge in [0.25, 0.3) is 5.91 Å². The molecule has 192 valence electrons. The number of sulfonamides is 1. The zero-order valence-electron chi connectivity index (χ0n) is 20.7. The van der Waals surface area contributed by atoms with Crippen molar-refractivity contribution in [2.75, 3.05) is 11.4 Å². The minimum absolute atomic E-state index is 0.0822. The summed E-state index contributed by atoms with van der Waals surface area (Å²) in [5.74, 6) is -0.502. The Hall–Kier alpha value is -3.83. The number of amides is 1. The first-order valence-corrected chi connectivity index (χ1v) is 13.2. The van der Waals surface area contributed by atoms with Gasteiger partial charge in [0.05, 0.1) is 12.2 Å². The maximum Gasteiger partial charge on any atom is 0.258 e. The Balaban J connectivity index is 1.51. The van der Waals surface area contributed by atoms with Gasteiger partial charge < -0.3 is 9.42 Å². The molecule has 0 radical (unpaired) electrons. The van der Waals surface area contributed by atoms with Gasteiger partial charge in [-0.25, -0.2) is 12.8 Å². The maximum atomic E-state index is 13.5. The topological polar surface area (TPSA) is 102 Å². The van der Waals surface area contributed by atoms with Crippen LogP contribution in [0.2, 0.25) is 0 Å². The number of hydrogen-bond acceptors (Lipinski definition) is 6. The number of nitrogens with zero attached hydrogens (tertiary/aromatic N) is 5. The maximum absolute atomic E-state index is 13.5. The molecule has 4 aromatic rings. The SMILES string of the molecule is Cc1noc(C)c1S(=O)(=O)N1CCc2c(c(CN(C(=O)c3ccc(F)cc3)c3ccccc3)nn2C)C1. The fraction of sp³-hybridized carbons (Fsp3) is 0.269. The van der Waals surface area contributed by atoms with Crippen LogP contribution in [0.25, 0.3) is 0 Å². The van der Waals surface area contributed by atoms with Gasteiger partial charge in [-0.2, -0.15) is 9.40 Å². The molecule has 9 nitrogen and oxygen atoms in total. The second kappa shape index (κ2) is 9.56. The highest BCUT2D eigenvalue weighted by Crippen LogP contribution is 2.31. The van der Waals surface area contributed by atoms with E-state index in [4.69, 9.17) is 4.52 Å². The van der Waals surface area contributed by atoms with Gasteiger partial charge in [0.15, 0.2) is 5.76 Å². The van der Waals surface area contributed by atoms with Gasteiger partial charge in [-0.05, 0) is 50.2 Å². The number of carbonyl (C=O) groups excluding carboxylic acids is 1. The summed E-state index contributed by atoms with van der Waals surface area (Å²) in [5.41, 5.74) is 3.56. The zero-order chi connectivity index (χ0) is 26.3. The van der Waals surface area contributed by atoms with Crippen LogP contribution in [0, 0.1) is 19.7 Å². The molecule has 0 atom stereocenters. The Morgan fingerprint density at radius 3 is 2.46 bits per heavy atom. The lowest BCUT2D eigenvalue weighted by Gasteiger charge is -2.28. The molecule has 0 bridgehead atoms. The van der Waals surface area contributed by atoms with Crippen LogP contribution in [-0.4, -0.2) is 40.1 Å². The predicted molar refractivity (Wildman–Crippen MR) is 134 cm³/mol. The van der Waals surface area contributed by atoms with Crippen molar-refractivity contribution in [3.8, 4) is 0 Å². The number of anilines is 1. The van der Waals surface area contributed by atoms with Crippen molar-refractivity contribution in [2.45, 2.75) is 38.3 Å². The van der Waals surface area contributed by atoms with Crippen LogP contribution >= 0.6 is 0 Å². The van der Waals surface area contributed by atoms with Gasteiger partial charge in [0.1, 0.15) is 16.4 Å². The summed E-state index contributed by atoms with van der Waals surface area (Å²) in [4.78, 5) is 15.2. The van der Waals surface area contributed by atoms with E-state index in [-0.39, 0.29) is 36.2 Å². The molecule has 5 rings (SSSR count). The highest BCUT2D eigenvalue weighted by Gasteiger charge is 2.36. The third-order valence-electron chi connectivity index (χ3n) is 6.57. The van der Waals surface area contributed by atoms with Gasteiger partial charge in [-0.1, -0.05) is 23.4 Å². The standard InChI is InChI=1S/C26H26FN5O4S/c1-17-25(18(2)36-29-17)37(34,35)31-14-13-24-22(15-31)23(28-30(24)3)16-32(21-7-5-4-6-8-21)26(33)19-9-11-20(27)12-10-19/h4-12H,13-16H2,1-3H3. The van der Waals surface area contributed by atoms with Crippen LogP contribution in [0.5, 0.6) is 0 Å². The third kappa shape index (κ3) is 4.56. The van der Waals surface area contributed by atoms with Crippen LogP contribution in [0.3, 0.4) is 0 Å². The number of carbonyl (C=O) groups is 1. The second-order valence-corrected chi connectivity index (χ2v) is 10.8. The van der Waals surface area contributed by atoms with Crippen LogP contribution in [-0.2, 0) is 36.6 Å². The zero-order valence-corrected chi connectivity index (χ0v) is 21.5. The summed E-state index contributed by atoms with van der Waals surface area (Å²) >= 11 is 0. The Kier molecular flexibility index (Phi) is 6.42. The molecule has 1 aliphatic heterocycles. The summed E-state index contributed by atoms with van der Waals surface area (Å²) < 4.78 is 48.7. The number of fused-ring (bicyclic) bond motifs is 1. The van der Waals surface area contributed by atoms with Gasteiger partial charge in [0, 0.05) is 49.1 Å². The van der Waals surface area contributed by atoms with E-state index in [0.29, 0.717) is 29.1 Å². The van der Waals surface area contributed by atoms with Crippen molar-refractivity contribution in [1.82, 2.24) is 19.2 Å². The van der Waals surface area contributed by atoms with E-state index in [1.165, 1.54) is 28.6 Å². The molecule has 0 spiro atoms. The van der Waals surface area contributed by atoms with Gasteiger partial charge >= 0.3 is 0 Å². The fourth-order valence-corrected chi connectivity index (χ4v) is 6.44. The Bertz CT molecular complexity index is 1540. The van der Waals surface area contributed by atoms with Crippen molar-refractivity contribution in [1.29, 1.82) is 0 Å². The molecule has 3 heterocycles. The average molecular weight is 524 g/mol. The number of benzene rings is 2. The smallest absolute Gasteiger partial charge is 0.258 e.